The van der Waals surface area contributed by atoms with E-state index in [0.717, 1.165) is 19.0 Å². The Morgan fingerprint density at radius 1 is 1.39 bits per heavy atom. The Morgan fingerprint density at radius 2 is 2.11 bits per heavy atom. The van der Waals surface area contributed by atoms with Gasteiger partial charge in [0.1, 0.15) is 0 Å². The van der Waals surface area contributed by atoms with Crippen molar-refractivity contribution in [3.63, 3.8) is 0 Å². The summed E-state index contributed by atoms with van der Waals surface area (Å²) >= 11 is 1.79. The van der Waals surface area contributed by atoms with Crippen molar-refractivity contribution >= 4 is 11.3 Å². The minimum atomic E-state index is 0.448. The largest absolute Gasteiger partial charge is 0.328 e. The van der Waals surface area contributed by atoms with E-state index in [1.54, 1.807) is 11.3 Å². The van der Waals surface area contributed by atoms with Crippen LogP contribution in [0.4, 0.5) is 0 Å². The first-order valence-electron chi connectivity index (χ1n) is 7.09. The van der Waals surface area contributed by atoms with Crippen LogP contribution in [0.2, 0.25) is 0 Å². The van der Waals surface area contributed by atoms with Gasteiger partial charge in [-0.2, -0.15) is 0 Å². The minimum Gasteiger partial charge on any atom is -0.328 e. The average molecular weight is 267 g/mol. The van der Waals surface area contributed by atoms with E-state index in [9.17, 15) is 0 Å². The molecule has 1 heterocycles. The third-order valence-corrected chi connectivity index (χ3v) is 5.13. The Hall–Kier alpha value is -0.450. The lowest BCUT2D eigenvalue weighted by atomic mass is 9.90. The molecule has 0 spiro atoms. The molecular formula is C14H25N3S. The Bertz CT molecular complexity index is 356. The SMILES string of the molecule is CCN(CCc1scnc1C)C1CCC(N)CC1. The standard InChI is InChI=1S/C14H25N3S/c1-3-17(13-6-4-12(15)5-7-13)9-8-14-11(2)16-10-18-14/h10,12-13H,3-9,15H2,1-2H3. The fourth-order valence-electron chi connectivity index (χ4n) is 2.88. The molecular weight excluding hydrogens is 242 g/mol. The first-order valence-corrected chi connectivity index (χ1v) is 7.97. The lowest BCUT2D eigenvalue weighted by molar-refractivity contribution is 0.158. The molecule has 0 bridgehead atoms. The summed E-state index contributed by atoms with van der Waals surface area (Å²) in [5, 5.41) is 0. The van der Waals surface area contributed by atoms with Crippen LogP contribution >= 0.6 is 11.3 Å². The molecule has 0 radical (unpaired) electrons. The van der Waals surface area contributed by atoms with Gasteiger partial charge >= 0.3 is 0 Å². The Morgan fingerprint density at radius 3 is 2.67 bits per heavy atom. The average Bonchev–Trinajstić information content (AvgIpc) is 2.78. The maximum atomic E-state index is 5.98. The number of hydrogen-bond acceptors (Lipinski definition) is 4. The van der Waals surface area contributed by atoms with Crippen LogP contribution in [0.25, 0.3) is 0 Å². The molecule has 1 aliphatic carbocycles. The molecule has 0 saturated heterocycles. The van der Waals surface area contributed by atoms with Gasteiger partial charge in [0.25, 0.3) is 0 Å². The Kier molecular flexibility index (Phi) is 5.15. The number of aromatic nitrogens is 1. The molecule has 0 unspecified atom stereocenters. The van der Waals surface area contributed by atoms with E-state index in [1.165, 1.54) is 42.8 Å². The summed E-state index contributed by atoms with van der Waals surface area (Å²) < 4.78 is 0. The topological polar surface area (TPSA) is 42.2 Å². The molecule has 18 heavy (non-hydrogen) atoms. The van der Waals surface area contributed by atoms with Gasteiger partial charge in [-0.15, -0.1) is 11.3 Å². The number of likely N-dealkylation sites (N-methyl/N-ethyl adjacent to an activating group) is 1. The summed E-state index contributed by atoms with van der Waals surface area (Å²) in [5.74, 6) is 0. The van der Waals surface area contributed by atoms with Crippen molar-refractivity contribution in [1.29, 1.82) is 0 Å². The van der Waals surface area contributed by atoms with Crippen LogP contribution in [0.15, 0.2) is 5.51 Å². The minimum absolute atomic E-state index is 0.448. The van der Waals surface area contributed by atoms with E-state index in [2.05, 4.69) is 23.7 Å². The Labute approximate surface area is 114 Å². The van der Waals surface area contributed by atoms with Gasteiger partial charge in [0, 0.05) is 23.5 Å². The van der Waals surface area contributed by atoms with Crippen LogP contribution in [0.5, 0.6) is 0 Å². The third-order valence-electron chi connectivity index (χ3n) is 4.13. The predicted octanol–water partition coefficient (Wildman–Crippen LogP) is 2.59. The third kappa shape index (κ3) is 3.53. The van der Waals surface area contributed by atoms with Crippen molar-refractivity contribution in [1.82, 2.24) is 9.88 Å². The number of nitrogens with two attached hydrogens (primary N) is 1. The number of hydrogen-bond donors (Lipinski definition) is 1. The quantitative estimate of drug-likeness (QED) is 0.891. The fraction of sp³-hybridized carbons (Fsp3) is 0.786. The summed E-state index contributed by atoms with van der Waals surface area (Å²) in [6.45, 7) is 6.70. The fourth-order valence-corrected chi connectivity index (χ4v) is 3.65. The predicted molar refractivity (Wildman–Crippen MR) is 78.0 cm³/mol. The highest BCUT2D eigenvalue weighted by Gasteiger charge is 2.23. The van der Waals surface area contributed by atoms with E-state index in [1.807, 2.05) is 5.51 Å². The van der Waals surface area contributed by atoms with Gasteiger partial charge in [0.2, 0.25) is 0 Å². The molecule has 3 nitrogen and oxygen atoms in total. The summed E-state index contributed by atoms with van der Waals surface area (Å²) in [5.41, 5.74) is 9.15. The van der Waals surface area contributed by atoms with Gasteiger partial charge in [-0.3, -0.25) is 0 Å². The van der Waals surface area contributed by atoms with Crippen LogP contribution in [0.1, 0.15) is 43.2 Å². The zero-order valence-electron chi connectivity index (χ0n) is 11.6. The first-order chi connectivity index (χ1) is 8.70. The van der Waals surface area contributed by atoms with Crippen LogP contribution in [-0.4, -0.2) is 35.1 Å². The molecule has 1 aromatic rings. The molecule has 0 aromatic carbocycles. The highest BCUT2D eigenvalue weighted by atomic mass is 32.1. The molecule has 1 aromatic heterocycles. The second kappa shape index (κ2) is 6.64. The lowest BCUT2D eigenvalue weighted by Gasteiger charge is -2.35. The van der Waals surface area contributed by atoms with Crippen LogP contribution in [0, 0.1) is 6.92 Å². The van der Waals surface area contributed by atoms with Crippen molar-refractivity contribution in [3.05, 3.63) is 16.1 Å². The molecule has 2 rings (SSSR count). The zero-order chi connectivity index (χ0) is 13.0. The van der Waals surface area contributed by atoms with E-state index in [-0.39, 0.29) is 0 Å². The monoisotopic (exact) mass is 267 g/mol. The van der Waals surface area contributed by atoms with Crippen molar-refractivity contribution in [2.45, 2.75) is 58.0 Å². The van der Waals surface area contributed by atoms with Gasteiger partial charge in [0.05, 0.1) is 11.2 Å². The molecule has 1 saturated carbocycles. The van der Waals surface area contributed by atoms with Gasteiger partial charge < -0.3 is 10.6 Å². The van der Waals surface area contributed by atoms with Crippen LogP contribution in [0.3, 0.4) is 0 Å². The van der Waals surface area contributed by atoms with Crippen LogP contribution in [-0.2, 0) is 6.42 Å². The second-order valence-electron chi connectivity index (χ2n) is 5.31. The maximum absolute atomic E-state index is 5.98. The first kappa shape index (κ1) is 14.0. The number of aryl methyl sites for hydroxylation is 1. The second-order valence-corrected chi connectivity index (χ2v) is 6.25. The molecule has 0 atom stereocenters. The number of thiazole rings is 1. The molecule has 2 N–H and O–H groups in total. The molecule has 102 valence electrons. The van der Waals surface area contributed by atoms with Crippen molar-refractivity contribution in [3.8, 4) is 0 Å². The van der Waals surface area contributed by atoms with E-state index < -0.39 is 0 Å². The zero-order valence-corrected chi connectivity index (χ0v) is 12.4. The summed E-state index contributed by atoms with van der Waals surface area (Å²) in [6.07, 6.45) is 6.09. The summed E-state index contributed by atoms with van der Waals surface area (Å²) in [4.78, 5) is 8.40. The van der Waals surface area contributed by atoms with Crippen LogP contribution < -0.4 is 5.73 Å². The highest BCUT2D eigenvalue weighted by Crippen LogP contribution is 2.23. The summed E-state index contributed by atoms with van der Waals surface area (Å²) in [7, 11) is 0. The molecule has 0 amide bonds. The van der Waals surface area contributed by atoms with Gasteiger partial charge in [-0.25, -0.2) is 4.98 Å². The molecule has 4 heteroatoms. The van der Waals surface area contributed by atoms with E-state index in [0.29, 0.717) is 6.04 Å². The van der Waals surface area contributed by atoms with E-state index >= 15 is 0 Å². The molecule has 1 aliphatic rings. The van der Waals surface area contributed by atoms with Crippen molar-refractivity contribution in [2.24, 2.45) is 5.73 Å². The maximum Gasteiger partial charge on any atom is 0.0797 e. The smallest absolute Gasteiger partial charge is 0.0797 e. The van der Waals surface area contributed by atoms with Gasteiger partial charge in [0.15, 0.2) is 0 Å². The normalized spacial score (nSPS) is 24.7. The molecule has 1 fully saturated rings. The molecule has 0 aliphatic heterocycles. The van der Waals surface area contributed by atoms with Crippen molar-refractivity contribution in [2.75, 3.05) is 13.1 Å². The number of rotatable bonds is 5. The highest BCUT2D eigenvalue weighted by molar-refractivity contribution is 7.09. The number of nitrogens with zero attached hydrogens (tertiary/aromatic N) is 2. The summed E-state index contributed by atoms with van der Waals surface area (Å²) in [6, 6.07) is 1.20. The van der Waals surface area contributed by atoms with Crippen molar-refractivity contribution < 1.29 is 0 Å². The van der Waals surface area contributed by atoms with Gasteiger partial charge in [-0.1, -0.05) is 6.92 Å². The Balaban J connectivity index is 1.84. The lowest BCUT2D eigenvalue weighted by Crippen LogP contribution is -2.41. The van der Waals surface area contributed by atoms with Gasteiger partial charge in [-0.05, 0) is 45.6 Å². The van der Waals surface area contributed by atoms with E-state index in [4.69, 9.17) is 5.73 Å².